The minimum absolute atomic E-state index is 0.0974. The van der Waals surface area contributed by atoms with Crippen molar-refractivity contribution >= 4 is 24.1 Å². The maximum absolute atomic E-state index is 11.9. The molecule has 0 bridgehead atoms. The maximum atomic E-state index is 11.9. The summed E-state index contributed by atoms with van der Waals surface area (Å²) in [5.74, 6) is -0.968. The van der Waals surface area contributed by atoms with E-state index in [1.807, 2.05) is 60.7 Å². The molecule has 2 aromatic carbocycles. The van der Waals surface area contributed by atoms with Crippen LogP contribution in [0.2, 0.25) is 0 Å². The summed E-state index contributed by atoms with van der Waals surface area (Å²) < 4.78 is 20.2. The predicted molar refractivity (Wildman–Crippen MR) is 146 cm³/mol. The molecule has 4 N–H and O–H groups in total. The van der Waals surface area contributed by atoms with Gasteiger partial charge in [-0.2, -0.15) is 0 Å². The first kappa shape index (κ1) is 32.1. The van der Waals surface area contributed by atoms with Crippen LogP contribution in [0.15, 0.2) is 60.7 Å². The van der Waals surface area contributed by atoms with E-state index in [9.17, 15) is 19.2 Å². The van der Waals surface area contributed by atoms with E-state index in [2.05, 4.69) is 21.3 Å². The number of ether oxygens (including phenoxy) is 4. The number of hydrogen-bond acceptors (Lipinski definition) is 10. The molecule has 0 fully saturated rings. The summed E-state index contributed by atoms with van der Waals surface area (Å²) in [7, 11) is 0. The van der Waals surface area contributed by atoms with Gasteiger partial charge in [-0.05, 0) is 11.1 Å². The van der Waals surface area contributed by atoms with Crippen LogP contribution in [0.3, 0.4) is 0 Å². The van der Waals surface area contributed by atoms with Crippen molar-refractivity contribution in [3.8, 4) is 0 Å². The number of esters is 2. The SMILES string of the molecule is C[C@H](OC(=O)Cc1ccccc1)OC(=O)NCCNCCNCCNC(=O)O[C@H](C)OC(=O)Cc1ccccc1. The van der Waals surface area contributed by atoms with Crippen molar-refractivity contribution in [3.63, 3.8) is 0 Å². The topological polar surface area (TPSA) is 153 Å². The van der Waals surface area contributed by atoms with Gasteiger partial charge in [0.25, 0.3) is 0 Å². The molecule has 0 heterocycles. The Bertz CT molecular complexity index is 956. The van der Waals surface area contributed by atoms with Gasteiger partial charge in [0.15, 0.2) is 0 Å². The second-order valence-corrected chi connectivity index (χ2v) is 8.60. The summed E-state index contributed by atoms with van der Waals surface area (Å²) in [6.45, 7) is 5.87. The van der Waals surface area contributed by atoms with Crippen molar-refractivity contribution in [3.05, 3.63) is 71.8 Å². The van der Waals surface area contributed by atoms with Gasteiger partial charge in [-0.25, -0.2) is 9.59 Å². The molecule has 218 valence electrons. The molecule has 12 heteroatoms. The molecule has 0 saturated heterocycles. The lowest BCUT2D eigenvalue weighted by molar-refractivity contribution is -0.165. The molecule has 2 amide bonds. The molecule has 0 spiro atoms. The first-order valence-electron chi connectivity index (χ1n) is 13.1. The molecule has 0 saturated carbocycles. The molecule has 40 heavy (non-hydrogen) atoms. The minimum atomic E-state index is -1.00. The average molecular weight is 559 g/mol. The fraction of sp³-hybridized carbons (Fsp3) is 0.429. The highest BCUT2D eigenvalue weighted by Gasteiger charge is 2.15. The summed E-state index contributed by atoms with van der Waals surface area (Å²) >= 11 is 0. The Kier molecular flexibility index (Phi) is 15.2. The van der Waals surface area contributed by atoms with Crippen LogP contribution in [0.1, 0.15) is 25.0 Å². The van der Waals surface area contributed by atoms with Gasteiger partial charge >= 0.3 is 24.1 Å². The third-order valence-electron chi connectivity index (χ3n) is 5.14. The second-order valence-electron chi connectivity index (χ2n) is 8.60. The summed E-state index contributed by atoms with van der Waals surface area (Å²) in [6, 6.07) is 18.3. The second kappa shape index (κ2) is 19.0. The number of carbonyl (C=O) groups is 4. The van der Waals surface area contributed by atoms with Gasteiger partial charge in [-0.1, -0.05) is 60.7 Å². The van der Waals surface area contributed by atoms with E-state index in [1.165, 1.54) is 13.8 Å². The van der Waals surface area contributed by atoms with E-state index in [0.717, 1.165) is 11.1 Å². The van der Waals surface area contributed by atoms with Crippen LogP contribution < -0.4 is 21.3 Å². The lowest BCUT2D eigenvalue weighted by Gasteiger charge is -2.15. The first-order valence-corrected chi connectivity index (χ1v) is 13.1. The Morgan fingerprint density at radius 3 is 1.27 bits per heavy atom. The molecule has 0 aliphatic rings. The van der Waals surface area contributed by atoms with E-state index >= 15 is 0 Å². The average Bonchev–Trinajstić information content (AvgIpc) is 2.90. The molecule has 2 rings (SSSR count). The molecule has 2 atom stereocenters. The largest absolute Gasteiger partial charge is 0.425 e. The number of amides is 2. The molecule has 0 aromatic heterocycles. The molecule has 2 aromatic rings. The molecule has 12 nitrogen and oxygen atoms in total. The molecular weight excluding hydrogens is 520 g/mol. The van der Waals surface area contributed by atoms with Crippen LogP contribution in [-0.4, -0.2) is 76.0 Å². The van der Waals surface area contributed by atoms with Gasteiger partial charge in [0, 0.05) is 53.1 Å². The van der Waals surface area contributed by atoms with Gasteiger partial charge in [-0.15, -0.1) is 0 Å². The quantitative estimate of drug-likeness (QED) is 0.129. The Morgan fingerprint density at radius 1 is 0.550 bits per heavy atom. The van der Waals surface area contributed by atoms with Crippen LogP contribution in [0.25, 0.3) is 0 Å². The Morgan fingerprint density at radius 2 is 0.900 bits per heavy atom. The van der Waals surface area contributed by atoms with Crippen LogP contribution in [0.4, 0.5) is 9.59 Å². The smallest absolute Gasteiger partial charge is 0.410 e. The zero-order valence-corrected chi connectivity index (χ0v) is 22.9. The van der Waals surface area contributed by atoms with Gasteiger partial charge in [0.2, 0.25) is 12.6 Å². The number of hydrogen-bond donors (Lipinski definition) is 4. The molecule has 0 aliphatic heterocycles. The van der Waals surface area contributed by atoms with Gasteiger partial charge < -0.3 is 40.2 Å². The third-order valence-corrected chi connectivity index (χ3v) is 5.14. The Labute approximate surface area is 234 Å². The van der Waals surface area contributed by atoms with E-state index in [1.54, 1.807) is 0 Å². The number of benzene rings is 2. The molecule has 0 unspecified atom stereocenters. The predicted octanol–water partition coefficient (Wildman–Crippen LogP) is 1.88. The van der Waals surface area contributed by atoms with E-state index < -0.39 is 36.7 Å². The minimum Gasteiger partial charge on any atom is -0.425 e. The summed E-state index contributed by atoms with van der Waals surface area (Å²) in [6.07, 6.45) is -3.18. The zero-order chi connectivity index (χ0) is 29.0. The molecular formula is C28H38N4O8. The van der Waals surface area contributed by atoms with Gasteiger partial charge in [0.05, 0.1) is 12.8 Å². The normalized spacial score (nSPS) is 11.9. The van der Waals surface area contributed by atoms with Crippen LogP contribution in [0.5, 0.6) is 0 Å². The fourth-order valence-corrected chi connectivity index (χ4v) is 3.34. The lowest BCUT2D eigenvalue weighted by atomic mass is 10.2. The van der Waals surface area contributed by atoms with Crippen molar-refractivity contribution in [2.45, 2.75) is 39.3 Å². The van der Waals surface area contributed by atoms with E-state index in [-0.39, 0.29) is 12.8 Å². The first-order chi connectivity index (χ1) is 19.3. The number of rotatable bonds is 17. The Balaban J connectivity index is 1.39. The fourth-order valence-electron chi connectivity index (χ4n) is 3.34. The third kappa shape index (κ3) is 15.3. The van der Waals surface area contributed by atoms with Crippen molar-refractivity contribution in [1.82, 2.24) is 21.3 Å². The van der Waals surface area contributed by atoms with Crippen molar-refractivity contribution in [2.24, 2.45) is 0 Å². The zero-order valence-electron chi connectivity index (χ0n) is 22.9. The van der Waals surface area contributed by atoms with Crippen molar-refractivity contribution < 1.29 is 38.1 Å². The molecule has 0 aliphatic carbocycles. The monoisotopic (exact) mass is 558 g/mol. The van der Waals surface area contributed by atoms with Crippen molar-refractivity contribution in [2.75, 3.05) is 39.3 Å². The highest BCUT2D eigenvalue weighted by molar-refractivity contribution is 5.73. The summed E-state index contributed by atoms with van der Waals surface area (Å²) in [5.41, 5.74) is 1.63. The van der Waals surface area contributed by atoms with E-state index in [0.29, 0.717) is 39.3 Å². The van der Waals surface area contributed by atoms with E-state index in [4.69, 9.17) is 18.9 Å². The van der Waals surface area contributed by atoms with Crippen molar-refractivity contribution in [1.29, 1.82) is 0 Å². The molecule has 0 radical (unpaired) electrons. The van der Waals surface area contributed by atoms with Gasteiger partial charge in [-0.3, -0.25) is 9.59 Å². The highest BCUT2D eigenvalue weighted by Crippen LogP contribution is 2.04. The Hall–Kier alpha value is -4.16. The summed E-state index contributed by atoms with van der Waals surface area (Å²) in [5, 5.41) is 11.4. The standard InChI is InChI=1S/C28H38N4O8/c1-21(37-25(33)19-23-9-5-3-6-10-23)39-27(35)31-17-15-29-13-14-30-16-18-32-28(36)40-22(2)38-26(34)20-24-11-7-4-8-12-24/h3-12,21-22,29-30H,13-20H2,1-2H3,(H,31,35)(H,32,36)/t21-,22-/m1/s1. The lowest BCUT2D eigenvalue weighted by Crippen LogP contribution is -2.38. The van der Waals surface area contributed by atoms with Crippen LogP contribution in [-0.2, 0) is 41.4 Å². The van der Waals surface area contributed by atoms with Crippen LogP contribution in [0, 0.1) is 0 Å². The van der Waals surface area contributed by atoms with Crippen LogP contribution >= 0.6 is 0 Å². The number of nitrogens with one attached hydrogen (secondary N) is 4. The number of carbonyl (C=O) groups excluding carboxylic acids is 4. The highest BCUT2D eigenvalue weighted by atomic mass is 16.7. The van der Waals surface area contributed by atoms with Gasteiger partial charge in [0.1, 0.15) is 0 Å². The number of alkyl carbamates (subject to hydrolysis) is 2. The maximum Gasteiger partial charge on any atom is 0.410 e. The summed E-state index contributed by atoms with van der Waals surface area (Å²) in [4.78, 5) is 47.4.